The standard InChI is InChI=1S/C14H23N5/c1-11-10-15-5-8-19(11)14-9-13(16-12(2)17-14)18-6-3-4-7-18/h9,11,15H,3-8,10H2,1-2H3. The second-order valence-corrected chi connectivity index (χ2v) is 5.57. The maximum Gasteiger partial charge on any atom is 0.134 e. The third-order valence-electron chi connectivity index (χ3n) is 4.04. The van der Waals surface area contributed by atoms with E-state index in [2.05, 4.69) is 38.1 Å². The summed E-state index contributed by atoms with van der Waals surface area (Å²) >= 11 is 0. The Balaban J connectivity index is 1.88. The first-order valence-electron chi connectivity index (χ1n) is 7.32. The zero-order chi connectivity index (χ0) is 13.2. The molecule has 2 saturated heterocycles. The summed E-state index contributed by atoms with van der Waals surface area (Å²) in [7, 11) is 0. The molecule has 104 valence electrons. The zero-order valence-electron chi connectivity index (χ0n) is 11.9. The lowest BCUT2D eigenvalue weighted by atomic mass is 10.2. The fraction of sp³-hybridized carbons (Fsp3) is 0.714. The van der Waals surface area contributed by atoms with Crippen molar-refractivity contribution in [3.8, 4) is 0 Å². The van der Waals surface area contributed by atoms with Gasteiger partial charge in [0, 0.05) is 44.8 Å². The van der Waals surface area contributed by atoms with E-state index in [0.717, 1.165) is 50.2 Å². The fourth-order valence-corrected chi connectivity index (χ4v) is 2.97. The van der Waals surface area contributed by atoms with Crippen molar-refractivity contribution in [3.05, 3.63) is 11.9 Å². The van der Waals surface area contributed by atoms with Gasteiger partial charge in [-0.3, -0.25) is 0 Å². The van der Waals surface area contributed by atoms with Gasteiger partial charge in [-0.15, -0.1) is 0 Å². The Hall–Kier alpha value is -1.36. The van der Waals surface area contributed by atoms with Crippen LogP contribution in [-0.4, -0.2) is 48.7 Å². The van der Waals surface area contributed by atoms with Crippen molar-refractivity contribution in [1.29, 1.82) is 0 Å². The molecule has 0 amide bonds. The van der Waals surface area contributed by atoms with Crippen molar-refractivity contribution >= 4 is 11.6 Å². The summed E-state index contributed by atoms with van der Waals surface area (Å²) in [6.07, 6.45) is 2.56. The van der Waals surface area contributed by atoms with Crippen LogP contribution in [-0.2, 0) is 0 Å². The number of anilines is 2. The molecule has 19 heavy (non-hydrogen) atoms. The maximum atomic E-state index is 4.64. The molecule has 2 aliphatic heterocycles. The molecule has 0 aromatic carbocycles. The van der Waals surface area contributed by atoms with Gasteiger partial charge >= 0.3 is 0 Å². The minimum atomic E-state index is 0.495. The van der Waals surface area contributed by atoms with Crippen molar-refractivity contribution in [1.82, 2.24) is 15.3 Å². The summed E-state index contributed by atoms with van der Waals surface area (Å²) in [5.74, 6) is 3.07. The van der Waals surface area contributed by atoms with Crippen LogP contribution in [0.3, 0.4) is 0 Å². The minimum Gasteiger partial charge on any atom is -0.356 e. The molecule has 1 N–H and O–H groups in total. The number of rotatable bonds is 2. The quantitative estimate of drug-likeness (QED) is 0.866. The van der Waals surface area contributed by atoms with Crippen LogP contribution < -0.4 is 15.1 Å². The van der Waals surface area contributed by atoms with Crippen LogP contribution >= 0.6 is 0 Å². The molecule has 0 bridgehead atoms. The summed E-state index contributed by atoms with van der Waals surface area (Å²) in [5, 5.41) is 3.42. The van der Waals surface area contributed by atoms with Crippen molar-refractivity contribution in [2.75, 3.05) is 42.5 Å². The molecule has 3 rings (SSSR count). The van der Waals surface area contributed by atoms with Gasteiger partial charge in [0.25, 0.3) is 0 Å². The molecule has 2 fully saturated rings. The third kappa shape index (κ3) is 2.66. The number of piperazine rings is 1. The summed E-state index contributed by atoms with van der Waals surface area (Å²) in [6, 6.07) is 2.66. The van der Waals surface area contributed by atoms with Gasteiger partial charge in [-0.25, -0.2) is 9.97 Å². The Morgan fingerprint density at radius 3 is 2.63 bits per heavy atom. The van der Waals surface area contributed by atoms with Crippen molar-refractivity contribution < 1.29 is 0 Å². The first-order valence-corrected chi connectivity index (χ1v) is 7.32. The van der Waals surface area contributed by atoms with Crippen LogP contribution in [0.15, 0.2) is 6.07 Å². The molecule has 2 aliphatic rings. The van der Waals surface area contributed by atoms with E-state index < -0.39 is 0 Å². The fourth-order valence-electron chi connectivity index (χ4n) is 2.97. The van der Waals surface area contributed by atoms with Crippen LogP contribution in [0.4, 0.5) is 11.6 Å². The topological polar surface area (TPSA) is 44.3 Å². The summed E-state index contributed by atoms with van der Waals surface area (Å²) in [5.41, 5.74) is 0. The molecule has 0 aliphatic carbocycles. The number of aryl methyl sites for hydroxylation is 1. The van der Waals surface area contributed by atoms with Crippen LogP contribution in [0.25, 0.3) is 0 Å². The Kier molecular flexibility index (Phi) is 3.55. The Labute approximate surface area is 115 Å². The molecule has 1 aromatic rings. The maximum absolute atomic E-state index is 4.64. The number of hydrogen-bond donors (Lipinski definition) is 1. The SMILES string of the molecule is Cc1nc(N2CCCC2)cc(N2CCNCC2C)n1. The predicted molar refractivity (Wildman–Crippen MR) is 77.9 cm³/mol. The molecule has 0 saturated carbocycles. The van der Waals surface area contributed by atoms with E-state index in [9.17, 15) is 0 Å². The summed E-state index contributed by atoms with van der Waals surface area (Å²) in [4.78, 5) is 14.0. The van der Waals surface area contributed by atoms with E-state index in [-0.39, 0.29) is 0 Å². The number of nitrogens with zero attached hydrogens (tertiary/aromatic N) is 4. The lowest BCUT2D eigenvalue weighted by molar-refractivity contribution is 0.496. The van der Waals surface area contributed by atoms with Gasteiger partial charge in [-0.1, -0.05) is 0 Å². The lowest BCUT2D eigenvalue weighted by Gasteiger charge is -2.35. The van der Waals surface area contributed by atoms with Crippen molar-refractivity contribution in [2.24, 2.45) is 0 Å². The molecule has 5 heteroatoms. The van der Waals surface area contributed by atoms with Gasteiger partial charge in [-0.05, 0) is 26.7 Å². The second kappa shape index (κ2) is 5.33. The highest BCUT2D eigenvalue weighted by molar-refractivity contribution is 5.52. The molecular formula is C14H23N5. The van der Waals surface area contributed by atoms with Crippen molar-refractivity contribution in [3.63, 3.8) is 0 Å². The Bertz CT molecular complexity index is 441. The second-order valence-electron chi connectivity index (χ2n) is 5.57. The molecule has 5 nitrogen and oxygen atoms in total. The van der Waals surface area contributed by atoms with Crippen molar-refractivity contribution in [2.45, 2.75) is 32.7 Å². The van der Waals surface area contributed by atoms with Crippen LogP contribution in [0.2, 0.25) is 0 Å². The van der Waals surface area contributed by atoms with E-state index >= 15 is 0 Å². The number of hydrogen-bond acceptors (Lipinski definition) is 5. The van der Waals surface area contributed by atoms with E-state index in [1.807, 2.05) is 6.92 Å². The predicted octanol–water partition coefficient (Wildman–Crippen LogP) is 1.18. The smallest absolute Gasteiger partial charge is 0.134 e. The first-order chi connectivity index (χ1) is 9.24. The molecule has 0 radical (unpaired) electrons. The Morgan fingerprint density at radius 1 is 1.16 bits per heavy atom. The zero-order valence-corrected chi connectivity index (χ0v) is 11.9. The normalized spacial score (nSPS) is 24.0. The van der Waals surface area contributed by atoms with Crippen LogP contribution in [0.1, 0.15) is 25.6 Å². The van der Waals surface area contributed by atoms with E-state index in [1.165, 1.54) is 12.8 Å². The van der Waals surface area contributed by atoms with Crippen LogP contribution in [0.5, 0.6) is 0 Å². The highest BCUT2D eigenvalue weighted by Gasteiger charge is 2.22. The average molecular weight is 261 g/mol. The average Bonchev–Trinajstić information content (AvgIpc) is 2.92. The number of aromatic nitrogens is 2. The van der Waals surface area contributed by atoms with Gasteiger partial charge < -0.3 is 15.1 Å². The Morgan fingerprint density at radius 2 is 1.89 bits per heavy atom. The molecule has 3 heterocycles. The molecular weight excluding hydrogens is 238 g/mol. The van der Waals surface area contributed by atoms with E-state index in [0.29, 0.717) is 6.04 Å². The number of nitrogens with one attached hydrogen (secondary N) is 1. The molecule has 1 unspecified atom stereocenters. The highest BCUT2D eigenvalue weighted by atomic mass is 15.3. The van der Waals surface area contributed by atoms with Gasteiger partial charge in [0.1, 0.15) is 17.5 Å². The molecule has 1 atom stereocenters. The van der Waals surface area contributed by atoms with E-state index in [4.69, 9.17) is 0 Å². The van der Waals surface area contributed by atoms with Crippen LogP contribution in [0, 0.1) is 6.92 Å². The van der Waals surface area contributed by atoms with Gasteiger partial charge in [0.2, 0.25) is 0 Å². The highest BCUT2D eigenvalue weighted by Crippen LogP contribution is 2.24. The third-order valence-corrected chi connectivity index (χ3v) is 4.04. The summed E-state index contributed by atoms with van der Waals surface area (Å²) < 4.78 is 0. The molecule has 1 aromatic heterocycles. The molecule has 0 spiro atoms. The monoisotopic (exact) mass is 261 g/mol. The lowest BCUT2D eigenvalue weighted by Crippen LogP contribution is -2.50. The van der Waals surface area contributed by atoms with Gasteiger partial charge in [0.05, 0.1) is 0 Å². The van der Waals surface area contributed by atoms with Gasteiger partial charge in [-0.2, -0.15) is 0 Å². The first kappa shape index (κ1) is 12.7. The minimum absolute atomic E-state index is 0.495. The largest absolute Gasteiger partial charge is 0.356 e. The van der Waals surface area contributed by atoms with Gasteiger partial charge in [0.15, 0.2) is 0 Å². The van der Waals surface area contributed by atoms with E-state index in [1.54, 1.807) is 0 Å². The summed E-state index contributed by atoms with van der Waals surface area (Å²) in [6.45, 7) is 9.60.